The lowest BCUT2D eigenvalue weighted by Gasteiger charge is -2.30. The molecule has 1 aromatic carbocycles. The summed E-state index contributed by atoms with van der Waals surface area (Å²) in [5.41, 5.74) is 6.40. The number of aliphatic hydroxyl groups excluding tert-OH is 1. The van der Waals surface area contributed by atoms with Gasteiger partial charge in [0, 0.05) is 44.0 Å². The summed E-state index contributed by atoms with van der Waals surface area (Å²) < 4.78 is 11.4. The van der Waals surface area contributed by atoms with Gasteiger partial charge in [0.1, 0.15) is 23.4 Å². The highest BCUT2D eigenvalue weighted by atomic mass is 16.5. The van der Waals surface area contributed by atoms with Crippen molar-refractivity contribution in [1.29, 1.82) is 0 Å². The molecular formula is C23H27N5O5. The first-order valence-electron chi connectivity index (χ1n) is 10.5. The normalized spacial score (nSPS) is 14.5. The van der Waals surface area contributed by atoms with E-state index in [2.05, 4.69) is 15.3 Å². The zero-order valence-electron chi connectivity index (χ0n) is 18.5. The van der Waals surface area contributed by atoms with Crippen LogP contribution >= 0.6 is 0 Å². The van der Waals surface area contributed by atoms with Crippen LogP contribution in [0.4, 0.5) is 0 Å². The van der Waals surface area contributed by atoms with Crippen molar-refractivity contribution in [2.75, 3.05) is 26.7 Å². The van der Waals surface area contributed by atoms with E-state index >= 15 is 0 Å². The second-order valence-electron chi connectivity index (χ2n) is 7.40. The molecule has 1 fully saturated rings. The van der Waals surface area contributed by atoms with Crippen molar-refractivity contribution in [2.45, 2.75) is 19.4 Å². The van der Waals surface area contributed by atoms with Crippen molar-refractivity contribution >= 4 is 17.6 Å². The lowest BCUT2D eigenvalue weighted by atomic mass is 10.1. The number of nitrogens with zero attached hydrogens (tertiary/aromatic N) is 3. The number of nitrogens with two attached hydrogens (primary N) is 1. The van der Waals surface area contributed by atoms with Gasteiger partial charge in [-0.2, -0.15) is 4.99 Å². The summed E-state index contributed by atoms with van der Waals surface area (Å²) in [6.45, 7) is 2.99. The van der Waals surface area contributed by atoms with Gasteiger partial charge in [-0.05, 0) is 43.8 Å². The highest BCUT2D eigenvalue weighted by Crippen LogP contribution is 2.28. The number of aliphatic hydroxyl groups is 1. The fourth-order valence-electron chi connectivity index (χ4n) is 2.87. The fourth-order valence-corrected chi connectivity index (χ4v) is 2.87. The molecule has 1 atom stereocenters. The third-order valence-electron chi connectivity index (χ3n) is 4.72. The summed E-state index contributed by atoms with van der Waals surface area (Å²) >= 11 is 0. The number of amidine groups is 1. The monoisotopic (exact) mass is 453 g/mol. The standard InChI is InChI=1S/C23H27N5O5/c1-15(14-29)32-18-10-17(22(30)27-20(24)6-7-25-2)11-19(12-18)33-21-5-4-16(13-26-21)23(31)28-8-3-9-28/h4-7,10-13,15,25,29H,3,8-9,14H2,1-2H3,(H2,24,27,30)/b7-6-/t15-/m0/s1. The molecule has 0 bridgehead atoms. The molecule has 174 valence electrons. The van der Waals surface area contributed by atoms with Crippen LogP contribution in [-0.4, -0.2) is 65.5 Å². The van der Waals surface area contributed by atoms with E-state index in [1.165, 1.54) is 24.4 Å². The Labute approximate surface area is 191 Å². The Morgan fingerprint density at radius 2 is 2.03 bits per heavy atom. The molecule has 1 aliphatic heterocycles. The third kappa shape index (κ3) is 6.53. The van der Waals surface area contributed by atoms with Crippen LogP contribution in [0.3, 0.4) is 0 Å². The van der Waals surface area contributed by atoms with Crippen LogP contribution in [0, 0.1) is 0 Å². The Bertz CT molecular complexity index is 1050. The first-order chi connectivity index (χ1) is 15.9. The summed E-state index contributed by atoms with van der Waals surface area (Å²) in [6, 6.07) is 7.76. The van der Waals surface area contributed by atoms with Crippen LogP contribution in [0.5, 0.6) is 17.4 Å². The summed E-state index contributed by atoms with van der Waals surface area (Å²) in [4.78, 5) is 34.7. The molecule has 4 N–H and O–H groups in total. The van der Waals surface area contributed by atoms with E-state index in [0.717, 1.165) is 19.5 Å². The fraction of sp³-hybridized carbons (Fsp3) is 0.304. The molecule has 0 radical (unpaired) electrons. The quantitative estimate of drug-likeness (QED) is 0.385. The van der Waals surface area contributed by atoms with Gasteiger partial charge in [0.25, 0.3) is 11.8 Å². The number of nitrogens with one attached hydrogen (secondary N) is 1. The number of aromatic nitrogens is 1. The first-order valence-corrected chi connectivity index (χ1v) is 10.5. The first kappa shape index (κ1) is 23.7. The number of hydrogen-bond donors (Lipinski definition) is 3. The molecule has 3 rings (SSSR count). The van der Waals surface area contributed by atoms with Crippen LogP contribution in [-0.2, 0) is 0 Å². The number of amides is 2. The molecule has 0 spiro atoms. The summed E-state index contributed by atoms with van der Waals surface area (Å²) in [5.74, 6) is 0.182. The molecule has 10 heteroatoms. The predicted molar refractivity (Wildman–Crippen MR) is 123 cm³/mol. The maximum atomic E-state index is 12.6. The molecule has 2 aromatic rings. The Morgan fingerprint density at radius 3 is 2.64 bits per heavy atom. The number of carbonyl (C=O) groups excluding carboxylic acids is 2. The second kappa shape index (κ2) is 11.1. The summed E-state index contributed by atoms with van der Waals surface area (Å²) in [6.07, 6.45) is 4.97. The van der Waals surface area contributed by atoms with Crippen LogP contribution in [0.25, 0.3) is 0 Å². The molecule has 33 heavy (non-hydrogen) atoms. The average molecular weight is 453 g/mol. The van der Waals surface area contributed by atoms with Gasteiger partial charge in [0.05, 0.1) is 12.2 Å². The van der Waals surface area contributed by atoms with Gasteiger partial charge < -0.3 is 30.5 Å². The van der Waals surface area contributed by atoms with Crippen LogP contribution in [0.1, 0.15) is 34.1 Å². The van der Waals surface area contributed by atoms with Gasteiger partial charge in [-0.25, -0.2) is 4.98 Å². The van der Waals surface area contributed by atoms with Crippen molar-refractivity contribution in [3.63, 3.8) is 0 Å². The Hall–Kier alpha value is -3.92. The van der Waals surface area contributed by atoms with Gasteiger partial charge in [-0.3, -0.25) is 9.59 Å². The maximum Gasteiger partial charge on any atom is 0.279 e. The highest BCUT2D eigenvalue weighted by molar-refractivity contribution is 6.06. The van der Waals surface area contributed by atoms with E-state index in [9.17, 15) is 14.7 Å². The molecule has 2 heterocycles. The Morgan fingerprint density at radius 1 is 1.27 bits per heavy atom. The van der Waals surface area contributed by atoms with Crippen LogP contribution < -0.4 is 20.5 Å². The van der Waals surface area contributed by atoms with Gasteiger partial charge in [0.2, 0.25) is 5.88 Å². The maximum absolute atomic E-state index is 12.6. The second-order valence-corrected chi connectivity index (χ2v) is 7.40. The SMILES string of the molecule is CN/C=C\C(N)=NC(=O)c1cc(Oc2ccc(C(=O)N3CCC3)cn2)cc(O[C@@H](C)CO)c1. The number of benzene rings is 1. The van der Waals surface area contributed by atoms with E-state index in [1.54, 1.807) is 43.3 Å². The molecule has 1 saturated heterocycles. The Balaban J connectivity index is 1.83. The highest BCUT2D eigenvalue weighted by Gasteiger charge is 2.21. The molecule has 0 unspecified atom stereocenters. The summed E-state index contributed by atoms with van der Waals surface area (Å²) in [5, 5.41) is 12.1. The minimum Gasteiger partial charge on any atom is -0.488 e. The smallest absolute Gasteiger partial charge is 0.279 e. The minimum atomic E-state index is -0.594. The lowest BCUT2D eigenvalue weighted by molar-refractivity contribution is 0.0651. The van der Waals surface area contributed by atoms with Gasteiger partial charge in [-0.15, -0.1) is 0 Å². The molecule has 1 aliphatic rings. The predicted octanol–water partition coefficient (Wildman–Crippen LogP) is 1.71. The summed E-state index contributed by atoms with van der Waals surface area (Å²) in [7, 11) is 1.69. The van der Waals surface area contributed by atoms with Crippen molar-refractivity contribution in [1.82, 2.24) is 15.2 Å². The van der Waals surface area contributed by atoms with E-state index in [1.807, 2.05) is 0 Å². The number of carbonyl (C=O) groups is 2. The van der Waals surface area contributed by atoms with Gasteiger partial charge in [-0.1, -0.05) is 0 Å². The molecular weight excluding hydrogens is 426 g/mol. The van der Waals surface area contributed by atoms with E-state index < -0.39 is 12.0 Å². The van der Waals surface area contributed by atoms with Crippen molar-refractivity contribution in [3.8, 4) is 17.4 Å². The zero-order chi connectivity index (χ0) is 23.8. The number of likely N-dealkylation sites (tertiary alicyclic amines) is 1. The Kier molecular flexibility index (Phi) is 7.98. The third-order valence-corrected chi connectivity index (χ3v) is 4.72. The average Bonchev–Trinajstić information content (AvgIpc) is 2.76. The van der Waals surface area contributed by atoms with Crippen molar-refractivity contribution in [2.24, 2.45) is 10.7 Å². The molecule has 2 amide bonds. The van der Waals surface area contributed by atoms with E-state index in [0.29, 0.717) is 11.3 Å². The molecule has 0 saturated carbocycles. The lowest BCUT2D eigenvalue weighted by Crippen LogP contribution is -2.42. The van der Waals surface area contributed by atoms with Crippen molar-refractivity contribution < 1.29 is 24.2 Å². The number of ether oxygens (including phenoxy) is 2. The van der Waals surface area contributed by atoms with Crippen molar-refractivity contribution in [3.05, 3.63) is 59.9 Å². The van der Waals surface area contributed by atoms with E-state index in [4.69, 9.17) is 15.2 Å². The van der Waals surface area contributed by atoms with Gasteiger partial charge >= 0.3 is 0 Å². The molecule has 1 aromatic heterocycles. The molecule has 10 nitrogen and oxygen atoms in total. The van der Waals surface area contributed by atoms with Crippen LogP contribution in [0.15, 0.2) is 53.8 Å². The number of pyridine rings is 1. The topological polar surface area (TPSA) is 139 Å². The number of rotatable bonds is 9. The van der Waals surface area contributed by atoms with E-state index in [-0.39, 0.29) is 35.5 Å². The number of hydrogen-bond acceptors (Lipinski definition) is 7. The number of aliphatic imine (C=N–C) groups is 1. The van der Waals surface area contributed by atoms with Gasteiger partial charge in [0.15, 0.2) is 0 Å². The zero-order valence-corrected chi connectivity index (χ0v) is 18.5. The largest absolute Gasteiger partial charge is 0.488 e. The minimum absolute atomic E-state index is 0.0241. The molecule has 0 aliphatic carbocycles. The van der Waals surface area contributed by atoms with Crippen LogP contribution in [0.2, 0.25) is 0 Å².